The summed E-state index contributed by atoms with van der Waals surface area (Å²) in [6.07, 6.45) is 34.6. The van der Waals surface area contributed by atoms with Gasteiger partial charge >= 0.3 is 5.97 Å². The summed E-state index contributed by atoms with van der Waals surface area (Å²) in [5.41, 5.74) is 0. The molecule has 0 aliphatic carbocycles. The standard InChI is InChI=1S/C18H36O2.C15H34N/c1-2-3-4-5-6-7-8-9-10-11-12-13-14-15-16-17-18(19)20;1-5-6-7-8-9-10-11-12-13-14-15-16(2,3)4/h2-17H2,1H3,(H,19,20);5-15H2,1-4H3/q;+1. The van der Waals surface area contributed by atoms with E-state index in [4.69, 9.17) is 5.11 Å². The van der Waals surface area contributed by atoms with Crippen LogP contribution < -0.4 is 0 Å². The third-order valence-corrected chi connectivity index (χ3v) is 7.18. The van der Waals surface area contributed by atoms with Crippen molar-refractivity contribution < 1.29 is 14.4 Å². The van der Waals surface area contributed by atoms with Crippen LogP contribution in [0.15, 0.2) is 0 Å². The van der Waals surface area contributed by atoms with Crippen LogP contribution in [-0.2, 0) is 4.79 Å². The first-order chi connectivity index (χ1) is 17.3. The Balaban J connectivity index is 0. The van der Waals surface area contributed by atoms with Gasteiger partial charge < -0.3 is 9.59 Å². The average molecular weight is 513 g/mol. The molecule has 0 saturated carbocycles. The van der Waals surface area contributed by atoms with Gasteiger partial charge in [0.2, 0.25) is 0 Å². The first-order valence-electron chi connectivity index (χ1n) is 16.4. The number of unbranched alkanes of at least 4 members (excludes halogenated alkanes) is 23. The molecule has 0 fully saturated rings. The molecule has 0 bridgehead atoms. The molecule has 0 spiro atoms. The highest BCUT2D eigenvalue weighted by Crippen LogP contribution is 2.14. The van der Waals surface area contributed by atoms with Crippen molar-refractivity contribution in [3.8, 4) is 0 Å². The van der Waals surface area contributed by atoms with Gasteiger partial charge in [0.25, 0.3) is 0 Å². The molecule has 0 saturated heterocycles. The van der Waals surface area contributed by atoms with Crippen molar-refractivity contribution in [1.29, 1.82) is 0 Å². The summed E-state index contributed by atoms with van der Waals surface area (Å²) < 4.78 is 1.12. The molecule has 218 valence electrons. The Morgan fingerprint density at radius 2 is 0.694 bits per heavy atom. The number of rotatable bonds is 27. The molecule has 0 aliphatic rings. The highest BCUT2D eigenvalue weighted by molar-refractivity contribution is 5.66. The summed E-state index contributed by atoms with van der Waals surface area (Å²) in [6, 6.07) is 0. The predicted octanol–water partition coefficient (Wildman–Crippen LogP) is 10.9. The fourth-order valence-electron chi connectivity index (χ4n) is 4.72. The highest BCUT2D eigenvalue weighted by atomic mass is 16.4. The average Bonchev–Trinajstić information content (AvgIpc) is 2.82. The van der Waals surface area contributed by atoms with Crippen LogP contribution in [0.4, 0.5) is 0 Å². The van der Waals surface area contributed by atoms with E-state index in [1.54, 1.807) is 0 Å². The van der Waals surface area contributed by atoms with E-state index >= 15 is 0 Å². The summed E-state index contributed by atoms with van der Waals surface area (Å²) in [5.74, 6) is -0.653. The van der Waals surface area contributed by atoms with Gasteiger partial charge in [0.1, 0.15) is 0 Å². The molecule has 0 heterocycles. The monoisotopic (exact) mass is 513 g/mol. The van der Waals surface area contributed by atoms with Crippen LogP contribution in [0.3, 0.4) is 0 Å². The zero-order chi connectivity index (χ0) is 27.2. The van der Waals surface area contributed by atoms with E-state index in [1.807, 2.05) is 0 Å². The molecule has 0 amide bonds. The maximum Gasteiger partial charge on any atom is 0.303 e. The summed E-state index contributed by atoms with van der Waals surface area (Å²) in [4.78, 5) is 10.3. The molecule has 0 unspecified atom stereocenters. The number of hydrogen-bond acceptors (Lipinski definition) is 1. The van der Waals surface area contributed by atoms with Gasteiger partial charge in [0.15, 0.2) is 0 Å². The minimum absolute atomic E-state index is 0.345. The van der Waals surface area contributed by atoms with Crippen molar-refractivity contribution in [1.82, 2.24) is 0 Å². The molecular formula is C33H70NO2+. The van der Waals surface area contributed by atoms with Crippen LogP contribution in [0.2, 0.25) is 0 Å². The molecule has 0 rings (SSSR count). The van der Waals surface area contributed by atoms with E-state index in [2.05, 4.69) is 35.0 Å². The van der Waals surface area contributed by atoms with Crippen molar-refractivity contribution in [3.05, 3.63) is 0 Å². The number of carboxylic acids is 1. The summed E-state index contributed by atoms with van der Waals surface area (Å²) >= 11 is 0. The number of carbonyl (C=O) groups is 1. The van der Waals surface area contributed by atoms with Gasteiger partial charge in [-0.15, -0.1) is 0 Å². The lowest BCUT2D eigenvalue weighted by molar-refractivity contribution is -0.870. The normalized spacial score (nSPS) is 11.4. The molecule has 0 aromatic carbocycles. The first-order valence-corrected chi connectivity index (χ1v) is 16.4. The van der Waals surface area contributed by atoms with Crippen LogP contribution in [0.25, 0.3) is 0 Å². The van der Waals surface area contributed by atoms with Gasteiger partial charge in [0.05, 0.1) is 27.7 Å². The van der Waals surface area contributed by atoms with Crippen LogP contribution in [0, 0.1) is 0 Å². The minimum atomic E-state index is -0.653. The molecule has 0 aromatic heterocycles. The van der Waals surface area contributed by atoms with E-state index in [9.17, 15) is 4.79 Å². The predicted molar refractivity (Wildman–Crippen MR) is 162 cm³/mol. The van der Waals surface area contributed by atoms with Crippen molar-refractivity contribution >= 4 is 5.97 Å². The maximum atomic E-state index is 10.3. The molecule has 0 aliphatic heterocycles. The lowest BCUT2D eigenvalue weighted by Crippen LogP contribution is -2.35. The summed E-state index contributed by atoms with van der Waals surface area (Å²) in [7, 11) is 6.86. The summed E-state index contributed by atoms with van der Waals surface area (Å²) in [5, 5.41) is 8.52. The second-order valence-electron chi connectivity index (χ2n) is 12.3. The van der Waals surface area contributed by atoms with Crippen molar-refractivity contribution in [2.24, 2.45) is 0 Å². The Morgan fingerprint density at radius 3 is 0.944 bits per heavy atom. The smallest absolute Gasteiger partial charge is 0.303 e. The Bertz CT molecular complexity index is 416. The third-order valence-electron chi connectivity index (χ3n) is 7.18. The van der Waals surface area contributed by atoms with E-state index < -0.39 is 5.97 Å². The molecule has 0 radical (unpaired) electrons. The Morgan fingerprint density at radius 1 is 0.444 bits per heavy atom. The first kappa shape index (κ1) is 37.6. The molecular weight excluding hydrogens is 442 g/mol. The molecule has 3 nitrogen and oxygen atoms in total. The number of aliphatic carboxylic acids is 1. The molecule has 1 N–H and O–H groups in total. The second kappa shape index (κ2) is 30.7. The zero-order valence-electron chi connectivity index (χ0n) is 25.9. The van der Waals surface area contributed by atoms with Crippen molar-refractivity contribution in [2.75, 3.05) is 27.7 Å². The van der Waals surface area contributed by atoms with E-state index in [0.29, 0.717) is 6.42 Å². The van der Waals surface area contributed by atoms with E-state index in [0.717, 1.165) is 17.3 Å². The van der Waals surface area contributed by atoms with Gasteiger partial charge in [-0.1, -0.05) is 155 Å². The summed E-state index contributed by atoms with van der Waals surface area (Å²) in [6.45, 7) is 5.89. The van der Waals surface area contributed by atoms with Gasteiger partial charge in [-0.2, -0.15) is 0 Å². The topological polar surface area (TPSA) is 37.3 Å². The number of quaternary nitrogens is 1. The van der Waals surface area contributed by atoms with Crippen molar-refractivity contribution in [2.45, 2.75) is 181 Å². The van der Waals surface area contributed by atoms with Gasteiger partial charge in [-0.05, 0) is 19.3 Å². The molecule has 0 atom stereocenters. The number of hydrogen-bond donors (Lipinski definition) is 1. The Labute approximate surface area is 228 Å². The second-order valence-corrected chi connectivity index (χ2v) is 12.3. The Hall–Kier alpha value is -0.570. The lowest BCUT2D eigenvalue weighted by Gasteiger charge is -2.23. The minimum Gasteiger partial charge on any atom is -0.481 e. The Kier molecular flexibility index (Phi) is 32.0. The third kappa shape index (κ3) is 40.6. The van der Waals surface area contributed by atoms with Gasteiger partial charge in [0, 0.05) is 6.42 Å². The quantitative estimate of drug-likeness (QED) is 0.0877. The molecule has 0 aromatic rings. The lowest BCUT2D eigenvalue weighted by atomic mass is 10.0. The van der Waals surface area contributed by atoms with E-state index in [1.165, 1.54) is 154 Å². The SMILES string of the molecule is CCCCCCCCCCCCCCCCCC(=O)O.CCCCCCCCCCCC[N+](C)(C)C. The maximum absolute atomic E-state index is 10.3. The fraction of sp³-hybridized carbons (Fsp3) is 0.970. The van der Waals surface area contributed by atoms with Crippen LogP contribution in [0.1, 0.15) is 181 Å². The van der Waals surface area contributed by atoms with Crippen molar-refractivity contribution in [3.63, 3.8) is 0 Å². The number of nitrogens with zero attached hydrogens (tertiary/aromatic N) is 1. The van der Waals surface area contributed by atoms with Crippen LogP contribution in [-0.4, -0.2) is 43.2 Å². The molecule has 36 heavy (non-hydrogen) atoms. The number of carboxylic acid groups (broad SMARTS) is 1. The van der Waals surface area contributed by atoms with Crippen LogP contribution in [0.5, 0.6) is 0 Å². The van der Waals surface area contributed by atoms with Gasteiger partial charge in [-0.25, -0.2) is 0 Å². The highest BCUT2D eigenvalue weighted by Gasteiger charge is 2.05. The largest absolute Gasteiger partial charge is 0.481 e. The van der Waals surface area contributed by atoms with Gasteiger partial charge in [-0.3, -0.25) is 4.79 Å². The zero-order valence-corrected chi connectivity index (χ0v) is 25.9. The molecule has 3 heteroatoms. The van der Waals surface area contributed by atoms with Crippen LogP contribution >= 0.6 is 0 Å². The van der Waals surface area contributed by atoms with E-state index in [-0.39, 0.29) is 0 Å². The fourth-order valence-corrected chi connectivity index (χ4v) is 4.72.